The van der Waals surface area contributed by atoms with E-state index in [1.807, 2.05) is 10.7 Å². The molecule has 0 saturated carbocycles. The molecule has 1 atom stereocenters. The molecule has 0 bridgehead atoms. The van der Waals surface area contributed by atoms with Gasteiger partial charge in [-0.05, 0) is 38.2 Å². The third-order valence-electron chi connectivity index (χ3n) is 5.07. The zero-order valence-electron chi connectivity index (χ0n) is 15.2. The highest BCUT2D eigenvalue weighted by atomic mass is 32.2. The van der Waals surface area contributed by atoms with E-state index in [2.05, 4.69) is 34.3 Å². The molecule has 25 heavy (non-hydrogen) atoms. The summed E-state index contributed by atoms with van der Waals surface area (Å²) in [6.45, 7) is 10.2. The van der Waals surface area contributed by atoms with Gasteiger partial charge in [0.15, 0.2) is 0 Å². The van der Waals surface area contributed by atoms with Crippen molar-refractivity contribution in [3.05, 3.63) is 41.3 Å². The molecular formula is C18H28N4O2S. The largest absolute Gasteiger partial charge is 0.292 e. The monoisotopic (exact) mass is 364 g/mol. The Morgan fingerprint density at radius 2 is 2.24 bits per heavy atom. The molecule has 0 spiro atoms. The molecule has 1 aliphatic carbocycles. The molecule has 0 radical (unpaired) electrons. The first-order valence-corrected chi connectivity index (χ1v) is 10.8. The number of fused-ring (bicyclic) bond motifs is 1. The second kappa shape index (κ2) is 7.43. The Morgan fingerprint density at radius 1 is 1.44 bits per heavy atom. The minimum atomic E-state index is -3.19. The molecule has 1 N–H and O–H groups in total. The van der Waals surface area contributed by atoms with Gasteiger partial charge in [0.25, 0.3) is 0 Å². The summed E-state index contributed by atoms with van der Waals surface area (Å²) in [5, 5.41) is 4.50. The quantitative estimate of drug-likeness (QED) is 0.785. The van der Waals surface area contributed by atoms with Crippen molar-refractivity contribution in [2.75, 3.05) is 19.3 Å². The molecule has 6 nitrogen and oxygen atoms in total. The number of rotatable bonds is 6. The SMILES string of the molecule is C=C(C)[C@@H]1CC=C(CN2CCn3nc(CNS(C)(=O)=O)cc3C2)CC1. The Balaban J connectivity index is 1.56. The summed E-state index contributed by atoms with van der Waals surface area (Å²) in [5.74, 6) is 0.649. The van der Waals surface area contributed by atoms with Crippen LogP contribution in [0.5, 0.6) is 0 Å². The molecule has 3 rings (SSSR count). The van der Waals surface area contributed by atoms with Crippen LogP contribution in [0.15, 0.2) is 29.9 Å². The van der Waals surface area contributed by atoms with Gasteiger partial charge >= 0.3 is 0 Å². The van der Waals surface area contributed by atoms with Crippen LogP contribution in [0, 0.1) is 5.92 Å². The first-order valence-electron chi connectivity index (χ1n) is 8.86. The minimum Gasteiger partial charge on any atom is -0.292 e. The summed E-state index contributed by atoms with van der Waals surface area (Å²) in [5.41, 5.74) is 4.77. The van der Waals surface area contributed by atoms with Crippen LogP contribution in [-0.2, 0) is 29.7 Å². The molecule has 0 fully saturated rings. The van der Waals surface area contributed by atoms with E-state index in [0.717, 1.165) is 50.4 Å². The van der Waals surface area contributed by atoms with Gasteiger partial charge in [-0.15, -0.1) is 0 Å². The van der Waals surface area contributed by atoms with Gasteiger partial charge in [-0.1, -0.05) is 23.8 Å². The van der Waals surface area contributed by atoms with E-state index >= 15 is 0 Å². The molecular weight excluding hydrogens is 336 g/mol. The number of nitrogens with one attached hydrogen (secondary N) is 1. The summed E-state index contributed by atoms with van der Waals surface area (Å²) < 4.78 is 26.9. The number of hydrogen-bond donors (Lipinski definition) is 1. The van der Waals surface area contributed by atoms with Crippen LogP contribution in [0.4, 0.5) is 0 Å². The lowest BCUT2D eigenvalue weighted by Crippen LogP contribution is -2.35. The van der Waals surface area contributed by atoms with E-state index in [-0.39, 0.29) is 6.54 Å². The highest BCUT2D eigenvalue weighted by Crippen LogP contribution is 2.29. The lowest BCUT2D eigenvalue weighted by molar-refractivity contribution is 0.226. The highest BCUT2D eigenvalue weighted by Gasteiger charge is 2.21. The normalized spacial score (nSPS) is 21.7. The minimum absolute atomic E-state index is 0.256. The van der Waals surface area contributed by atoms with Crippen molar-refractivity contribution in [2.24, 2.45) is 5.92 Å². The fourth-order valence-electron chi connectivity index (χ4n) is 3.57. The van der Waals surface area contributed by atoms with E-state index < -0.39 is 10.0 Å². The molecule has 1 aromatic heterocycles. The van der Waals surface area contributed by atoms with Crippen LogP contribution >= 0.6 is 0 Å². The molecule has 1 aromatic rings. The van der Waals surface area contributed by atoms with Crippen LogP contribution < -0.4 is 4.72 Å². The predicted molar refractivity (Wildman–Crippen MR) is 99.4 cm³/mol. The van der Waals surface area contributed by atoms with Crippen LogP contribution in [0.2, 0.25) is 0 Å². The van der Waals surface area contributed by atoms with Gasteiger partial charge in [-0.2, -0.15) is 5.10 Å². The van der Waals surface area contributed by atoms with Crippen molar-refractivity contribution in [1.29, 1.82) is 0 Å². The van der Waals surface area contributed by atoms with Crippen molar-refractivity contribution in [3.63, 3.8) is 0 Å². The van der Waals surface area contributed by atoms with Gasteiger partial charge in [-0.3, -0.25) is 9.58 Å². The second-order valence-electron chi connectivity index (χ2n) is 7.33. The van der Waals surface area contributed by atoms with E-state index in [0.29, 0.717) is 5.92 Å². The molecule has 2 heterocycles. The maximum atomic E-state index is 11.2. The Hall–Kier alpha value is -1.44. The molecule has 0 amide bonds. The fourth-order valence-corrected chi connectivity index (χ4v) is 3.98. The number of hydrogen-bond acceptors (Lipinski definition) is 4. The molecule has 1 aliphatic heterocycles. The molecule has 138 valence electrons. The number of sulfonamides is 1. The maximum absolute atomic E-state index is 11.2. The maximum Gasteiger partial charge on any atom is 0.209 e. The standard InChI is InChI=1S/C18H28N4O2S/c1-14(2)16-6-4-15(5-7-16)12-21-8-9-22-18(13-21)10-17(20-22)11-19-25(3,23)24/h4,10,16,19H,1,5-9,11-13H2,2-3H3/t16-/m1/s1. The first kappa shape index (κ1) is 18.4. The Kier molecular flexibility index (Phi) is 5.46. The fraction of sp³-hybridized carbons (Fsp3) is 0.611. The lowest BCUT2D eigenvalue weighted by atomic mass is 9.85. The molecule has 0 aromatic carbocycles. The van der Waals surface area contributed by atoms with Gasteiger partial charge < -0.3 is 0 Å². The summed E-state index contributed by atoms with van der Waals surface area (Å²) in [7, 11) is -3.19. The van der Waals surface area contributed by atoms with E-state index in [9.17, 15) is 8.42 Å². The predicted octanol–water partition coefficient (Wildman–Crippen LogP) is 2.05. The smallest absolute Gasteiger partial charge is 0.209 e. The Morgan fingerprint density at radius 3 is 2.88 bits per heavy atom. The van der Waals surface area contributed by atoms with Crippen molar-refractivity contribution in [3.8, 4) is 0 Å². The summed E-state index contributed by atoms with van der Waals surface area (Å²) in [6.07, 6.45) is 7.07. The average molecular weight is 365 g/mol. The van der Waals surface area contributed by atoms with E-state index in [1.54, 1.807) is 0 Å². The zero-order chi connectivity index (χ0) is 18.0. The topological polar surface area (TPSA) is 67.2 Å². The van der Waals surface area contributed by atoms with Crippen molar-refractivity contribution < 1.29 is 8.42 Å². The molecule has 2 aliphatic rings. The zero-order valence-corrected chi connectivity index (χ0v) is 16.0. The number of aromatic nitrogens is 2. The van der Waals surface area contributed by atoms with Crippen LogP contribution in [-0.4, -0.2) is 42.4 Å². The number of allylic oxidation sites excluding steroid dienone is 2. The summed E-state index contributed by atoms with van der Waals surface area (Å²) in [6, 6.07) is 2.01. The summed E-state index contributed by atoms with van der Waals surface area (Å²) >= 11 is 0. The van der Waals surface area contributed by atoms with Crippen LogP contribution in [0.3, 0.4) is 0 Å². The van der Waals surface area contributed by atoms with Gasteiger partial charge in [0, 0.05) is 19.6 Å². The highest BCUT2D eigenvalue weighted by molar-refractivity contribution is 7.88. The van der Waals surface area contributed by atoms with E-state index in [4.69, 9.17) is 0 Å². The lowest BCUT2D eigenvalue weighted by Gasteiger charge is -2.30. The average Bonchev–Trinajstić information content (AvgIpc) is 2.95. The summed E-state index contributed by atoms with van der Waals surface area (Å²) in [4.78, 5) is 2.46. The molecule has 0 unspecified atom stereocenters. The van der Waals surface area contributed by atoms with Gasteiger partial charge in [-0.25, -0.2) is 13.1 Å². The van der Waals surface area contributed by atoms with Crippen LogP contribution in [0.25, 0.3) is 0 Å². The van der Waals surface area contributed by atoms with Crippen molar-refractivity contribution in [1.82, 2.24) is 19.4 Å². The second-order valence-corrected chi connectivity index (χ2v) is 9.17. The Labute approximate surface area is 150 Å². The van der Waals surface area contributed by atoms with Crippen LogP contribution in [0.1, 0.15) is 37.6 Å². The van der Waals surface area contributed by atoms with Gasteiger partial charge in [0.05, 0.1) is 30.7 Å². The van der Waals surface area contributed by atoms with Crippen molar-refractivity contribution >= 4 is 10.0 Å². The van der Waals surface area contributed by atoms with Crippen molar-refractivity contribution in [2.45, 2.75) is 45.8 Å². The third-order valence-corrected chi connectivity index (χ3v) is 5.74. The van der Waals surface area contributed by atoms with Gasteiger partial charge in [0.2, 0.25) is 10.0 Å². The first-order chi connectivity index (χ1) is 11.8. The van der Waals surface area contributed by atoms with Gasteiger partial charge in [0.1, 0.15) is 0 Å². The molecule has 0 saturated heterocycles. The Bertz CT molecular complexity index is 779. The number of nitrogens with zero attached hydrogens (tertiary/aromatic N) is 3. The van der Waals surface area contributed by atoms with E-state index in [1.165, 1.54) is 23.8 Å². The third kappa shape index (κ3) is 5.03. The molecule has 7 heteroatoms.